The van der Waals surface area contributed by atoms with E-state index in [4.69, 9.17) is 5.73 Å². The van der Waals surface area contributed by atoms with Crippen LogP contribution < -0.4 is 11.1 Å². The van der Waals surface area contributed by atoms with Crippen molar-refractivity contribution in [2.75, 3.05) is 5.73 Å². The van der Waals surface area contributed by atoms with Gasteiger partial charge in [0.15, 0.2) is 0 Å². The maximum Gasteiger partial charge on any atom is 0.256 e. The maximum absolute atomic E-state index is 11.7. The van der Waals surface area contributed by atoms with Crippen molar-refractivity contribution in [2.24, 2.45) is 0 Å². The summed E-state index contributed by atoms with van der Waals surface area (Å²) in [5, 5.41) is 9.05. The summed E-state index contributed by atoms with van der Waals surface area (Å²) in [6.07, 6.45) is 1.43. The van der Waals surface area contributed by atoms with Crippen molar-refractivity contribution in [3.8, 4) is 0 Å². The Balaban J connectivity index is 1.99. The minimum absolute atomic E-state index is 0.208. The first-order valence-electron chi connectivity index (χ1n) is 5.21. The van der Waals surface area contributed by atoms with Gasteiger partial charge in [-0.1, -0.05) is 0 Å². The summed E-state index contributed by atoms with van der Waals surface area (Å²) in [5.74, 6) is 0.0843. The molecule has 0 aliphatic heterocycles. The Labute approximate surface area is 103 Å². The lowest BCUT2D eigenvalue weighted by Crippen LogP contribution is -2.22. The summed E-state index contributed by atoms with van der Waals surface area (Å²) in [4.78, 5) is 14.2. The van der Waals surface area contributed by atoms with E-state index in [0.717, 1.165) is 4.88 Å². The number of H-pyrrole nitrogens is 1. The number of thiophene rings is 1. The average molecular weight is 250 g/mol. The Hall–Kier alpha value is -1.82. The Kier molecular flexibility index (Phi) is 3.14. The molecule has 0 bridgehead atoms. The summed E-state index contributed by atoms with van der Waals surface area (Å²) in [7, 11) is 0. The van der Waals surface area contributed by atoms with Crippen LogP contribution in [0.5, 0.6) is 0 Å². The molecule has 2 heterocycles. The largest absolute Gasteiger partial charge is 0.383 e. The van der Waals surface area contributed by atoms with E-state index in [1.807, 2.05) is 0 Å². The van der Waals surface area contributed by atoms with E-state index >= 15 is 0 Å². The normalized spacial score (nSPS) is 10.5. The number of hydrogen-bond donors (Lipinski definition) is 3. The van der Waals surface area contributed by atoms with E-state index in [9.17, 15) is 4.79 Å². The second kappa shape index (κ2) is 4.58. The Morgan fingerprint density at radius 3 is 2.88 bits per heavy atom. The summed E-state index contributed by atoms with van der Waals surface area (Å²) in [5.41, 5.74) is 7.20. The van der Waals surface area contributed by atoms with E-state index in [1.54, 1.807) is 11.3 Å². The molecule has 0 radical (unpaired) electrons. The first-order chi connectivity index (χ1) is 8.08. The second-order valence-corrected chi connectivity index (χ2v) is 5.17. The number of anilines is 1. The number of carbonyl (C=O) groups is 1. The monoisotopic (exact) mass is 250 g/mol. The van der Waals surface area contributed by atoms with Gasteiger partial charge in [0.2, 0.25) is 0 Å². The van der Waals surface area contributed by atoms with Gasteiger partial charge in [0.05, 0.1) is 12.7 Å². The van der Waals surface area contributed by atoms with Crippen molar-refractivity contribution in [2.45, 2.75) is 20.4 Å². The molecule has 6 heteroatoms. The molecule has 17 heavy (non-hydrogen) atoms. The summed E-state index contributed by atoms with van der Waals surface area (Å²) < 4.78 is 0. The Morgan fingerprint density at radius 2 is 2.35 bits per heavy atom. The van der Waals surface area contributed by atoms with Crippen molar-refractivity contribution in [3.63, 3.8) is 0 Å². The standard InChI is InChI=1S/C11H14N4OS/c1-6-3-8(17-7(6)2)4-13-11(16)9-5-14-15-10(9)12/h3,5H,4H2,1-2H3,(H,13,16)(H3,12,14,15). The van der Waals surface area contributed by atoms with Gasteiger partial charge in [0, 0.05) is 9.75 Å². The number of amides is 1. The number of nitrogens with one attached hydrogen (secondary N) is 2. The highest BCUT2D eigenvalue weighted by molar-refractivity contribution is 7.12. The molecule has 5 nitrogen and oxygen atoms in total. The number of carbonyl (C=O) groups excluding carboxylic acids is 1. The van der Waals surface area contributed by atoms with E-state index < -0.39 is 0 Å². The molecule has 1 amide bonds. The quantitative estimate of drug-likeness (QED) is 0.773. The van der Waals surface area contributed by atoms with Crippen molar-refractivity contribution < 1.29 is 4.79 Å². The molecule has 90 valence electrons. The van der Waals surface area contributed by atoms with E-state index in [2.05, 4.69) is 35.4 Å². The summed E-state index contributed by atoms with van der Waals surface area (Å²) in [6, 6.07) is 2.08. The number of rotatable bonds is 3. The van der Waals surface area contributed by atoms with Gasteiger partial charge < -0.3 is 11.1 Å². The molecule has 0 aliphatic rings. The van der Waals surface area contributed by atoms with E-state index in [-0.39, 0.29) is 5.91 Å². The topological polar surface area (TPSA) is 83.8 Å². The average Bonchev–Trinajstić information content (AvgIpc) is 2.83. The van der Waals surface area contributed by atoms with Gasteiger partial charge >= 0.3 is 0 Å². The molecule has 0 spiro atoms. The van der Waals surface area contributed by atoms with Crippen LogP contribution in [0.1, 0.15) is 25.7 Å². The molecule has 2 rings (SSSR count). The summed E-state index contributed by atoms with van der Waals surface area (Å²) in [6.45, 7) is 4.65. The van der Waals surface area contributed by atoms with Gasteiger partial charge in [-0.15, -0.1) is 11.3 Å². The molecule has 0 saturated carbocycles. The second-order valence-electron chi connectivity index (χ2n) is 3.83. The molecule has 4 N–H and O–H groups in total. The highest BCUT2D eigenvalue weighted by Gasteiger charge is 2.11. The highest BCUT2D eigenvalue weighted by atomic mass is 32.1. The van der Waals surface area contributed by atoms with Crippen LogP contribution in [0.4, 0.5) is 5.82 Å². The smallest absolute Gasteiger partial charge is 0.256 e. The minimum Gasteiger partial charge on any atom is -0.383 e. The molecule has 0 saturated heterocycles. The van der Waals surface area contributed by atoms with Crippen LogP contribution in [0, 0.1) is 13.8 Å². The first-order valence-corrected chi connectivity index (χ1v) is 6.02. The third-order valence-corrected chi connectivity index (χ3v) is 3.71. The first kappa shape index (κ1) is 11.7. The lowest BCUT2D eigenvalue weighted by Gasteiger charge is -2.01. The predicted molar refractivity (Wildman–Crippen MR) is 68.0 cm³/mol. The minimum atomic E-state index is -0.208. The zero-order chi connectivity index (χ0) is 12.4. The molecule has 0 aliphatic carbocycles. The van der Waals surface area contributed by atoms with Gasteiger partial charge in [0.25, 0.3) is 5.91 Å². The Morgan fingerprint density at radius 1 is 1.59 bits per heavy atom. The fraction of sp³-hybridized carbons (Fsp3) is 0.273. The van der Waals surface area contributed by atoms with Crippen LogP contribution in [-0.2, 0) is 6.54 Å². The van der Waals surface area contributed by atoms with Crippen LogP contribution >= 0.6 is 11.3 Å². The molecule has 2 aromatic rings. The van der Waals surface area contributed by atoms with Gasteiger partial charge in [-0.2, -0.15) is 5.10 Å². The van der Waals surface area contributed by atoms with Crippen LogP contribution in [0.15, 0.2) is 12.3 Å². The van der Waals surface area contributed by atoms with Crippen molar-refractivity contribution in [1.29, 1.82) is 0 Å². The third kappa shape index (κ3) is 2.47. The van der Waals surface area contributed by atoms with Gasteiger partial charge in [-0.25, -0.2) is 0 Å². The number of aromatic amines is 1. The molecule has 0 fully saturated rings. The van der Waals surface area contributed by atoms with Gasteiger partial charge in [0.1, 0.15) is 11.4 Å². The fourth-order valence-corrected chi connectivity index (χ4v) is 2.47. The zero-order valence-corrected chi connectivity index (χ0v) is 10.5. The van der Waals surface area contributed by atoms with E-state index in [0.29, 0.717) is 17.9 Å². The van der Waals surface area contributed by atoms with Crippen molar-refractivity contribution >= 4 is 23.1 Å². The van der Waals surface area contributed by atoms with Crippen LogP contribution in [0.25, 0.3) is 0 Å². The number of nitrogen functional groups attached to an aromatic ring is 1. The van der Waals surface area contributed by atoms with Gasteiger partial charge in [-0.05, 0) is 25.5 Å². The lowest BCUT2D eigenvalue weighted by atomic mass is 10.2. The molecule has 0 atom stereocenters. The summed E-state index contributed by atoms with van der Waals surface area (Å²) >= 11 is 1.69. The fourth-order valence-electron chi connectivity index (χ4n) is 1.48. The Bertz CT molecular complexity index is 524. The number of hydrogen-bond acceptors (Lipinski definition) is 4. The highest BCUT2D eigenvalue weighted by Crippen LogP contribution is 2.20. The van der Waals surface area contributed by atoms with E-state index in [1.165, 1.54) is 16.6 Å². The third-order valence-electron chi connectivity index (χ3n) is 2.55. The number of nitrogens with zero attached hydrogens (tertiary/aromatic N) is 1. The van der Waals surface area contributed by atoms with Crippen molar-refractivity contribution in [1.82, 2.24) is 15.5 Å². The molecule has 2 aromatic heterocycles. The number of aryl methyl sites for hydroxylation is 2. The molecular formula is C11H14N4OS. The molecule has 0 unspecified atom stereocenters. The SMILES string of the molecule is Cc1cc(CNC(=O)c2cn[nH]c2N)sc1C. The lowest BCUT2D eigenvalue weighted by molar-refractivity contribution is 0.0952. The zero-order valence-electron chi connectivity index (χ0n) is 9.70. The molecule has 0 aromatic carbocycles. The van der Waals surface area contributed by atoms with Crippen LogP contribution in [0.3, 0.4) is 0 Å². The van der Waals surface area contributed by atoms with Crippen LogP contribution in [-0.4, -0.2) is 16.1 Å². The number of aromatic nitrogens is 2. The van der Waals surface area contributed by atoms with Crippen LogP contribution in [0.2, 0.25) is 0 Å². The number of nitrogens with two attached hydrogens (primary N) is 1. The molecular weight excluding hydrogens is 236 g/mol. The maximum atomic E-state index is 11.7. The van der Waals surface area contributed by atoms with Crippen molar-refractivity contribution in [3.05, 3.63) is 33.1 Å². The predicted octanol–water partition coefficient (Wildman–Crippen LogP) is 1.60. The van der Waals surface area contributed by atoms with Gasteiger partial charge in [-0.3, -0.25) is 9.89 Å².